The molecule has 356 valence electrons. The van der Waals surface area contributed by atoms with Gasteiger partial charge in [0.1, 0.15) is 6.10 Å². The van der Waals surface area contributed by atoms with Crippen LogP contribution in [0.15, 0.2) is 0 Å². The zero-order valence-corrected chi connectivity index (χ0v) is 41.2. The summed E-state index contributed by atoms with van der Waals surface area (Å²) in [7, 11) is 4.03. The van der Waals surface area contributed by atoms with Crippen molar-refractivity contribution in [2.45, 2.75) is 253 Å². The van der Waals surface area contributed by atoms with Crippen LogP contribution in [-0.2, 0) is 33.3 Å². The third-order valence-corrected chi connectivity index (χ3v) is 12.2. The van der Waals surface area contributed by atoms with Crippen LogP contribution in [0.5, 0.6) is 0 Å². The smallest absolute Gasteiger partial charge is 0.314 e. The molecular formula is C52H101NO7. The van der Waals surface area contributed by atoms with Gasteiger partial charge in [-0.15, -0.1) is 0 Å². The minimum atomic E-state index is -0.705. The van der Waals surface area contributed by atoms with E-state index in [1.807, 2.05) is 27.9 Å². The molecule has 0 fully saturated rings. The fraction of sp³-hybridized carbons (Fsp3) is 0.942. The van der Waals surface area contributed by atoms with Gasteiger partial charge in [-0.25, -0.2) is 0 Å². The molecule has 0 aliphatic carbocycles. The highest BCUT2D eigenvalue weighted by Crippen LogP contribution is 2.25. The average Bonchev–Trinajstić information content (AvgIpc) is 3.21. The molecule has 0 atom stereocenters. The van der Waals surface area contributed by atoms with Crippen molar-refractivity contribution >= 4 is 17.9 Å². The maximum atomic E-state index is 13.3. The second-order valence-electron chi connectivity index (χ2n) is 19.1. The highest BCUT2D eigenvalue weighted by Gasteiger charge is 2.32. The lowest BCUT2D eigenvalue weighted by Gasteiger charge is -2.27. The number of hydrogen-bond donors (Lipinski definition) is 0. The molecule has 0 aromatic heterocycles. The SMILES string of the molecule is CCCCCC(CCCCC)CCOC(=O)CCCCCCCC(CCCCCCCC(=O)OCCC(CCCCC)CCCCC)OC(=O)C(C)(C)COCCN(C)C. The molecule has 0 heterocycles. The first-order valence-electron chi connectivity index (χ1n) is 25.7. The molecular weight excluding hydrogens is 751 g/mol. The number of carbonyl (C=O) groups is 3. The van der Waals surface area contributed by atoms with Gasteiger partial charge in [-0.1, -0.05) is 169 Å². The summed E-state index contributed by atoms with van der Waals surface area (Å²) in [5, 5.41) is 0. The third kappa shape index (κ3) is 36.9. The molecule has 0 aromatic carbocycles. The Balaban J connectivity index is 4.63. The van der Waals surface area contributed by atoms with E-state index in [0.717, 1.165) is 96.4 Å². The Hall–Kier alpha value is -1.67. The fourth-order valence-corrected chi connectivity index (χ4v) is 7.97. The van der Waals surface area contributed by atoms with Gasteiger partial charge in [-0.2, -0.15) is 0 Å². The van der Waals surface area contributed by atoms with Crippen molar-refractivity contribution in [1.82, 2.24) is 4.90 Å². The van der Waals surface area contributed by atoms with Gasteiger partial charge >= 0.3 is 17.9 Å². The maximum absolute atomic E-state index is 13.3. The van der Waals surface area contributed by atoms with Gasteiger partial charge in [-0.3, -0.25) is 14.4 Å². The molecule has 0 bridgehead atoms. The van der Waals surface area contributed by atoms with Crippen LogP contribution in [0.1, 0.15) is 247 Å². The Bertz CT molecular complexity index is 909. The summed E-state index contributed by atoms with van der Waals surface area (Å²) in [6.45, 7) is 15.7. The topological polar surface area (TPSA) is 91.4 Å². The van der Waals surface area contributed by atoms with Crippen molar-refractivity contribution in [3.63, 3.8) is 0 Å². The Morgan fingerprint density at radius 2 is 0.833 bits per heavy atom. The summed E-state index contributed by atoms with van der Waals surface area (Å²) in [6.07, 6.45) is 35.0. The molecule has 0 radical (unpaired) electrons. The second kappa shape index (κ2) is 41.3. The van der Waals surface area contributed by atoms with Gasteiger partial charge in [0.2, 0.25) is 0 Å². The summed E-state index contributed by atoms with van der Waals surface area (Å²) in [5.41, 5.74) is -0.705. The van der Waals surface area contributed by atoms with Gasteiger partial charge in [0.25, 0.3) is 0 Å². The molecule has 0 N–H and O–H groups in total. The van der Waals surface area contributed by atoms with Crippen LogP contribution < -0.4 is 0 Å². The number of ether oxygens (including phenoxy) is 4. The van der Waals surface area contributed by atoms with Gasteiger partial charge in [0.15, 0.2) is 0 Å². The van der Waals surface area contributed by atoms with E-state index in [-0.39, 0.29) is 24.0 Å². The van der Waals surface area contributed by atoms with Gasteiger partial charge in [0, 0.05) is 19.4 Å². The van der Waals surface area contributed by atoms with E-state index in [0.29, 0.717) is 51.1 Å². The molecule has 0 aromatic rings. The Labute approximate surface area is 372 Å². The van der Waals surface area contributed by atoms with Crippen LogP contribution in [0.4, 0.5) is 0 Å². The van der Waals surface area contributed by atoms with E-state index in [4.69, 9.17) is 18.9 Å². The minimum absolute atomic E-state index is 0.0502. The predicted octanol–water partition coefficient (Wildman–Crippen LogP) is 14.4. The quantitative estimate of drug-likeness (QED) is 0.0340. The first-order chi connectivity index (χ1) is 29.0. The number of carbonyl (C=O) groups excluding carboxylic acids is 3. The summed E-state index contributed by atoms with van der Waals surface area (Å²) in [5.74, 6) is 1.08. The molecule has 0 unspecified atom stereocenters. The molecule has 0 rings (SSSR count). The maximum Gasteiger partial charge on any atom is 0.314 e. The Morgan fingerprint density at radius 1 is 0.467 bits per heavy atom. The minimum Gasteiger partial charge on any atom is -0.466 e. The second-order valence-corrected chi connectivity index (χ2v) is 19.1. The van der Waals surface area contributed by atoms with Crippen LogP contribution in [0.25, 0.3) is 0 Å². The molecule has 0 saturated heterocycles. The van der Waals surface area contributed by atoms with E-state index < -0.39 is 5.41 Å². The zero-order chi connectivity index (χ0) is 44.5. The Kier molecular flexibility index (Phi) is 40.2. The van der Waals surface area contributed by atoms with E-state index in [1.54, 1.807) is 0 Å². The van der Waals surface area contributed by atoms with Crippen LogP contribution in [0.3, 0.4) is 0 Å². The molecule has 0 saturated carbocycles. The van der Waals surface area contributed by atoms with Crippen molar-refractivity contribution < 1.29 is 33.3 Å². The van der Waals surface area contributed by atoms with Crippen molar-refractivity contribution in [1.29, 1.82) is 0 Å². The van der Waals surface area contributed by atoms with E-state index >= 15 is 0 Å². The fourth-order valence-electron chi connectivity index (χ4n) is 7.97. The van der Waals surface area contributed by atoms with E-state index in [1.165, 1.54) is 103 Å². The van der Waals surface area contributed by atoms with Crippen LogP contribution >= 0.6 is 0 Å². The van der Waals surface area contributed by atoms with Crippen molar-refractivity contribution in [2.75, 3.05) is 47.1 Å². The lowest BCUT2D eigenvalue weighted by molar-refractivity contribution is -0.164. The first-order valence-corrected chi connectivity index (χ1v) is 25.7. The van der Waals surface area contributed by atoms with Crippen molar-refractivity contribution in [3.8, 4) is 0 Å². The summed E-state index contributed by atoms with van der Waals surface area (Å²) < 4.78 is 23.3. The molecule has 8 heteroatoms. The van der Waals surface area contributed by atoms with E-state index in [2.05, 4.69) is 32.6 Å². The van der Waals surface area contributed by atoms with Crippen molar-refractivity contribution in [3.05, 3.63) is 0 Å². The average molecular weight is 852 g/mol. The van der Waals surface area contributed by atoms with Crippen LogP contribution in [-0.4, -0.2) is 76.0 Å². The zero-order valence-electron chi connectivity index (χ0n) is 41.2. The molecule has 0 aliphatic heterocycles. The molecule has 0 spiro atoms. The van der Waals surface area contributed by atoms with Crippen LogP contribution in [0.2, 0.25) is 0 Å². The molecule has 0 amide bonds. The Morgan fingerprint density at radius 3 is 1.22 bits per heavy atom. The largest absolute Gasteiger partial charge is 0.466 e. The van der Waals surface area contributed by atoms with Crippen molar-refractivity contribution in [2.24, 2.45) is 17.3 Å². The number of likely N-dealkylation sites (N-methyl/N-ethyl adjacent to an activating group) is 1. The molecule has 0 aliphatic rings. The molecule has 60 heavy (non-hydrogen) atoms. The molecule has 8 nitrogen and oxygen atoms in total. The highest BCUT2D eigenvalue weighted by molar-refractivity contribution is 5.76. The predicted molar refractivity (Wildman–Crippen MR) is 252 cm³/mol. The highest BCUT2D eigenvalue weighted by atomic mass is 16.6. The first kappa shape index (κ1) is 58.3. The number of nitrogens with zero attached hydrogens (tertiary/aromatic N) is 1. The number of esters is 3. The lowest BCUT2D eigenvalue weighted by atomic mass is 9.92. The number of rotatable bonds is 45. The van der Waals surface area contributed by atoms with Crippen LogP contribution in [0, 0.1) is 17.3 Å². The van der Waals surface area contributed by atoms with Gasteiger partial charge in [0.05, 0.1) is 31.8 Å². The normalized spacial score (nSPS) is 12.0. The number of unbranched alkanes of at least 4 members (excludes halogenated alkanes) is 16. The summed E-state index contributed by atoms with van der Waals surface area (Å²) >= 11 is 0. The summed E-state index contributed by atoms with van der Waals surface area (Å²) in [4.78, 5) is 40.3. The van der Waals surface area contributed by atoms with Gasteiger partial charge < -0.3 is 23.8 Å². The third-order valence-electron chi connectivity index (χ3n) is 12.2. The summed E-state index contributed by atoms with van der Waals surface area (Å²) in [6, 6.07) is 0. The lowest BCUT2D eigenvalue weighted by Crippen LogP contribution is -2.35. The van der Waals surface area contributed by atoms with E-state index in [9.17, 15) is 14.4 Å². The van der Waals surface area contributed by atoms with Gasteiger partial charge in [-0.05, 0) is 91.1 Å². The number of hydrogen-bond acceptors (Lipinski definition) is 8. The monoisotopic (exact) mass is 852 g/mol. The standard InChI is InChI=1S/C52H101NO7/c1-9-13-23-31-46(32-24-14-10-2)39-42-58-49(54)37-29-21-17-19-27-35-48(60-51(56)52(5,6)45-57-44-41-53(7)8)36-28-20-18-22-30-38-50(55)59-43-40-47(33-25-15-11-3)34-26-16-12-4/h46-48H,9-45H2,1-8H3.